The molecule has 5 heteroatoms. The minimum Gasteiger partial charge on any atom is -0.302 e. The van der Waals surface area contributed by atoms with Gasteiger partial charge in [0.15, 0.2) is 0 Å². The molecule has 0 bridgehead atoms. The standard InChI is InChI=1S/C23H24ClN3O/c1-15-19(23(28)27-9-3-2-7-22(27)25-15)8-10-26-13-17-12-20(21(17)14-26)16-5-4-6-18(24)11-16/h2-7,9,11,17,20-21H,8,10,12-14H2,1H3. The van der Waals surface area contributed by atoms with E-state index in [0.29, 0.717) is 5.92 Å². The summed E-state index contributed by atoms with van der Waals surface area (Å²) < 4.78 is 1.66. The number of hydrogen-bond donors (Lipinski definition) is 0. The summed E-state index contributed by atoms with van der Waals surface area (Å²) in [6, 6.07) is 14.0. The molecule has 2 aliphatic rings. The van der Waals surface area contributed by atoms with Crippen molar-refractivity contribution in [3.63, 3.8) is 0 Å². The van der Waals surface area contributed by atoms with Crippen LogP contribution in [0.1, 0.15) is 29.2 Å². The van der Waals surface area contributed by atoms with Crippen LogP contribution in [0.25, 0.3) is 5.65 Å². The van der Waals surface area contributed by atoms with E-state index in [-0.39, 0.29) is 5.56 Å². The third-order valence-corrected chi connectivity index (χ3v) is 6.87. The average Bonchev–Trinajstić information content (AvgIpc) is 2.98. The average molecular weight is 394 g/mol. The fraction of sp³-hybridized carbons (Fsp3) is 0.391. The molecule has 1 saturated heterocycles. The van der Waals surface area contributed by atoms with Gasteiger partial charge in [0.2, 0.25) is 0 Å². The first-order valence-corrected chi connectivity index (χ1v) is 10.4. The predicted octanol–water partition coefficient (Wildman–Crippen LogP) is 3.93. The summed E-state index contributed by atoms with van der Waals surface area (Å²) in [7, 11) is 0. The van der Waals surface area contributed by atoms with Gasteiger partial charge < -0.3 is 4.90 Å². The Hall–Kier alpha value is -2.17. The molecule has 0 N–H and O–H groups in total. The van der Waals surface area contributed by atoms with Crippen LogP contribution in [0.15, 0.2) is 53.5 Å². The third kappa shape index (κ3) is 3.05. The second-order valence-electron chi connectivity index (χ2n) is 8.24. The molecule has 3 aromatic rings. The van der Waals surface area contributed by atoms with Crippen LogP contribution in [0.5, 0.6) is 0 Å². The third-order valence-electron chi connectivity index (χ3n) is 6.63. The van der Waals surface area contributed by atoms with Crippen LogP contribution in [0, 0.1) is 18.8 Å². The Labute approximate surface area is 169 Å². The van der Waals surface area contributed by atoms with Crippen molar-refractivity contribution in [3.8, 4) is 0 Å². The maximum Gasteiger partial charge on any atom is 0.261 e. The van der Waals surface area contributed by atoms with E-state index in [4.69, 9.17) is 11.6 Å². The highest BCUT2D eigenvalue weighted by Gasteiger charge is 2.47. The van der Waals surface area contributed by atoms with Crippen LogP contribution in [-0.4, -0.2) is 33.9 Å². The lowest BCUT2D eigenvalue weighted by Gasteiger charge is -2.40. The number of rotatable bonds is 4. The van der Waals surface area contributed by atoms with Gasteiger partial charge >= 0.3 is 0 Å². The summed E-state index contributed by atoms with van der Waals surface area (Å²) in [5, 5.41) is 0.829. The van der Waals surface area contributed by atoms with Gasteiger partial charge in [-0.3, -0.25) is 9.20 Å². The lowest BCUT2D eigenvalue weighted by Crippen LogP contribution is -2.33. The van der Waals surface area contributed by atoms with Crippen molar-refractivity contribution in [2.24, 2.45) is 11.8 Å². The highest BCUT2D eigenvalue weighted by atomic mass is 35.5. The van der Waals surface area contributed by atoms with Crippen molar-refractivity contribution in [1.82, 2.24) is 14.3 Å². The van der Waals surface area contributed by atoms with Gasteiger partial charge in [0.05, 0.1) is 0 Å². The SMILES string of the molecule is Cc1nc2ccccn2c(=O)c1CCN1CC2CC(c3cccc(Cl)c3)C2C1. The largest absolute Gasteiger partial charge is 0.302 e. The Morgan fingerprint density at radius 1 is 1.18 bits per heavy atom. The predicted molar refractivity (Wildman–Crippen MR) is 112 cm³/mol. The number of benzene rings is 1. The molecular formula is C23H24ClN3O. The molecule has 1 aromatic carbocycles. The van der Waals surface area contributed by atoms with Crippen LogP contribution >= 0.6 is 11.6 Å². The van der Waals surface area contributed by atoms with Crippen LogP contribution < -0.4 is 5.56 Å². The van der Waals surface area contributed by atoms with Gasteiger partial charge in [0, 0.05) is 42.1 Å². The van der Waals surface area contributed by atoms with Crippen molar-refractivity contribution >= 4 is 17.2 Å². The van der Waals surface area contributed by atoms with E-state index in [0.717, 1.165) is 59.8 Å². The van der Waals surface area contributed by atoms with Gasteiger partial charge in [-0.25, -0.2) is 4.98 Å². The molecule has 2 fully saturated rings. The van der Waals surface area contributed by atoms with Gasteiger partial charge in [-0.05, 0) is 67.3 Å². The lowest BCUT2D eigenvalue weighted by atomic mass is 9.64. The van der Waals surface area contributed by atoms with E-state index in [2.05, 4.69) is 28.1 Å². The number of nitrogens with zero attached hydrogens (tertiary/aromatic N) is 3. The van der Waals surface area contributed by atoms with E-state index in [1.807, 2.05) is 31.2 Å². The molecule has 0 spiro atoms. The van der Waals surface area contributed by atoms with E-state index in [9.17, 15) is 4.79 Å². The van der Waals surface area contributed by atoms with Crippen molar-refractivity contribution in [2.75, 3.05) is 19.6 Å². The van der Waals surface area contributed by atoms with Crippen molar-refractivity contribution in [2.45, 2.75) is 25.7 Å². The first-order chi connectivity index (χ1) is 13.6. The first-order valence-electron chi connectivity index (χ1n) is 10.0. The van der Waals surface area contributed by atoms with Crippen molar-refractivity contribution in [1.29, 1.82) is 0 Å². The zero-order valence-electron chi connectivity index (χ0n) is 16.0. The van der Waals surface area contributed by atoms with Crippen LogP contribution in [0.4, 0.5) is 0 Å². The Balaban J connectivity index is 1.28. The van der Waals surface area contributed by atoms with Gasteiger partial charge in [-0.15, -0.1) is 0 Å². The van der Waals surface area contributed by atoms with Crippen LogP contribution in [0.3, 0.4) is 0 Å². The zero-order chi connectivity index (χ0) is 19.3. The summed E-state index contributed by atoms with van der Waals surface area (Å²) >= 11 is 6.18. The fourth-order valence-electron chi connectivity index (χ4n) is 5.10. The number of fused-ring (bicyclic) bond motifs is 2. The monoisotopic (exact) mass is 393 g/mol. The van der Waals surface area contributed by atoms with Crippen molar-refractivity contribution < 1.29 is 0 Å². The molecular weight excluding hydrogens is 370 g/mol. The van der Waals surface area contributed by atoms with Crippen LogP contribution in [0.2, 0.25) is 5.02 Å². The highest BCUT2D eigenvalue weighted by Crippen LogP contribution is 2.51. The minimum absolute atomic E-state index is 0.0714. The second kappa shape index (κ2) is 7.02. The summed E-state index contributed by atoms with van der Waals surface area (Å²) in [6.45, 7) is 5.13. The summed E-state index contributed by atoms with van der Waals surface area (Å²) in [4.78, 5) is 20.0. The number of aryl methyl sites for hydroxylation is 1. The molecule has 28 heavy (non-hydrogen) atoms. The van der Waals surface area contributed by atoms with E-state index in [1.54, 1.807) is 10.6 Å². The number of likely N-dealkylation sites (tertiary alicyclic amines) is 1. The topological polar surface area (TPSA) is 37.6 Å². The molecule has 3 atom stereocenters. The molecule has 3 unspecified atom stereocenters. The molecule has 0 amide bonds. The molecule has 1 saturated carbocycles. The maximum absolute atomic E-state index is 12.9. The molecule has 1 aliphatic carbocycles. The second-order valence-corrected chi connectivity index (χ2v) is 8.68. The van der Waals surface area contributed by atoms with E-state index >= 15 is 0 Å². The zero-order valence-corrected chi connectivity index (χ0v) is 16.8. The number of halogens is 1. The molecule has 0 radical (unpaired) electrons. The van der Waals surface area contributed by atoms with Crippen molar-refractivity contribution in [3.05, 3.63) is 80.9 Å². The van der Waals surface area contributed by atoms with Crippen LogP contribution in [-0.2, 0) is 6.42 Å². The summed E-state index contributed by atoms with van der Waals surface area (Å²) in [5.74, 6) is 2.12. The summed E-state index contributed by atoms with van der Waals surface area (Å²) in [5.41, 5.74) is 3.87. The first kappa shape index (κ1) is 17.9. The number of pyridine rings is 1. The van der Waals surface area contributed by atoms with E-state index in [1.165, 1.54) is 12.0 Å². The Kier molecular flexibility index (Phi) is 4.48. The Bertz CT molecular complexity index is 1090. The molecule has 5 rings (SSSR count). The smallest absolute Gasteiger partial charge is 0.261 e. The Morgan fingerprint density at radius 2 is 2.07 bits per heavy atom. The number of hydrogen-bond acceptors (Lipinski definition) is 3. The fourth-order valence-corrected chi connectivity index (χ4v) is 5.29. The molecule has 4 nitrogen and oxygen atoms in total. The van der Waals surface area contributed by atoms with E-state index < -0.39 is 0 Å². The molecule has 3 heterocycles. The van der Waals surface area contributed by atoms with Gasteiger partial charge in [-0.2, -0.15) is 0 Å². The molecule has 1 aliphatic heterocycles. The molecule has 2 aromatic heterocycles. The number of aromatic nitrogens is 2. The quantitative estimate of drug-likeness (QED) is 0.673. The molecule has 144 valence electrons. The summed E-state index contributed by atoms with van der Waals surface area (Å²) in [6.07, 6.45) is 3.82. The maximum atomic E-state index is 12.9. The van der Waals surface area contributed by atoms with Gasteiger partial charge in [-0.1, -0.05) is 29.8 Å². The normalized spacial score (nSPS) is 24.3. The van der Waals surface area contributed by atoms with Gasteiger partial charge in [0.25, 0.3) is 5.56 Å². The highest BCUT2D eigenvalue weighted by molar-refractivity contribution is 6.30. The van der Waals surface area contributed by atoms with Gasteiger partial charge in [0.1, 0.15) is 5.65 Å². The lowest BCUT2D eigenvalue weighted by molar-refractivity contribution is 0.191. The Morgan fingerprint density at radius 3 is 2.93 bits per heavy atom. The minimum atomic E-state index is 0.0714.